The molecule has 1 saturated heterocycles. The zero-order chi connectivity index (χ0) is 17.3. The zero-order valence-corrected chi connectivity index (χ0v) is 16.8. The number of hydrogen-bond acceptors (Lipinski definition) is 5. The first-order valence-corrected chi connectivity index (χ1v) is 11.3. The average molecular weight is 381 g/mol. The maximum Gasteiger partial charge on any atom is 0.154 e. The molecule has 3 N–H and O–H groups in total. The molecule has 0 bridgehead atoms. The van der Waals surface area contributed by atoms with Crippen LogP contribution in [-0.4, -0.2) is 41.0 Å². The van der Waals surface area contributed by atoms with Crippen molar-refractivity contribution in [3.05, 3.63) is 12.2 Å². The molecule has 2 fully saturated rings. The standard InChI is InChI=1S/C19H32N4S2/c24-19(25-14-15-8-2-1-3-9-15)23-22-18(16-10-4-6-12-20-16)17-11-5-7-13-21-17/h4,6,15-17,20-21H,1-3,5,7-14H2,(H,23,24). The van der Waals surface area contributed by atoms with Crippen LogP contribution in [0.1, 0.15) is 57.8 Å². The van der Waals surface area contributed by atoms with E-state index >= 15 is 0 Å². The summed E-state index contributed by atoms with van der Waals surface area (Å²) in [4.78, 5) is 0. The van der Waals surface area contributed by atoms with Crippen LogP contribution in [0.15, 0.2) is 17.3 Å². The molecular weight excluding hydrogens is 348 g/mol. The number of nitrogens with zero attached hydrogens (tertiary/aromatic N) is 1. The summed E-state index contributed by atoms with van der Waals surface area (Å²) in [5, 5.41) is 12.0. The van der Waals surface area contributed by atoms with E-state index in [-0.39, 0.29) is 0 Å². The van der Waals surface area contributed by atoms with Gasteiger partial charge in [-0.1, -0.05) is 61.8 Å². The molecule has 0 aromatic carbocycles. The number of hydrazone groups is 1. The van der Waals surface area contributed by atoms with Gasteiger partial charge in [-0.15, -0.1) is 0 Å². The van der Waals surface area contributed by atoms with E-state index in [0.717, 1.165) is 35.5 Å². The highest BCUT2D eigenvalue weighted by atomic mass is 32.2. The van der Waals surface area contributed by atoms with Crippen LogP contribution in [0.5, 0.6) is 0 Å². The Bertz CT molecular complexity index is 480. The van der Waals surface area contributed by atoms with Gasteiger partial charge in [-0.25, -0.2) is 0 Å². The van der Waals surface area contributed by atoms with E-state index in [2.05, 4.69) is 28.2 Å². The van der Waals surface area contributed by atoms with Crippen molar-refractivity contribution in [3.63, 3.8) is 0 Å². The van der Waals surface area contributed by atoms with Gasteiger partial charge in [-0.2, -0.15) is 5.10 Å². The lowest BCUT2D eigenvalue weighted by atomic mass is 9.91. The summed E-state index contributed by atoms with van der Waals surface area (Å²) in [6.45, 7) is 2.02. The number of rotatable bonds is 5. The highest BCUT2D eigenvalue weighted by Gasteiger charge is 2.26. The predicted molar refractivity (Wildman–Crippen MR) is 113 cm³/mol. The van der Waals surface area contributed by atoms with Gasteiger partial charge in [-0.3, -0.25) is 5.43 Å². The van der Waals surface area contributed by atoms with E-state index < -0.39 is 0 Å². The van der Waals surface area contributed by atoms with Gasteiger partial charge in [0.25, 0.3) is 0 Å². The number of piperidine rings is 1. The monoisotopic (exact) mass is 380 g/mol. The Morgan fingerprint density at radius 3 is 2.60 bits per heavy atom. The average Bonchev–Trinajstić information content (AvgIpc) is 2.69. The zero-order valence-electron chi connectivity index (χ0n) is 15.1. The molecule has 6 heteroatoms. The Morgan fingerprint density at radius 1 is 1.04 bits per heavy atom. The lowest BCUT2D eigenvalue weighted by Crippen LogP contribution is -2.51. The third kappa shape index (κ3) is 6.35. The van der Waals surface area contributed by atoms with Crippen LogP contribution in [0.3, 0.4) is 0 Å². The van der Waals surface area contributed by atoms with E-state index in [1.807, 2.05) is 0 Å². The molecule has 2 aliphatic heterocycles. The van der Waals surface area contributed by atoms with E-state index in [1.54, 1.807) is 11.8 Å². The minimum atomic E-state index is 0.319. The summed E-state index contributed by atoms with van der Waals surface area (Å²) in [5.41, 5.74) is 4.39. The molecule has 0 radical (unpaired) electrons. The van der Waals surface area contributed by atoms with Gasteiger partial charge in [0, 0.05) is 18.3 Å². The van der Waals surface area contributed by atoms with E-state index in [4.69, 9.17) is 17.3 Å². The normalized spacial score (nSPS) is 28.7. The van der Waals surface area contributed by atoms with Crippen LogP contribution in [-0.2, 0) is 0 Å². The van der Waals surface area contributed by atoms with Crippen molar-refractivity contribution < 1.29 is 0 Å². The van der Waals surface area contributed by atoms with Gasteiger partial charge in [0.15, 0.2) is 4.32 Å². The van der Waals surface area contributed by atoms with Crippen LogP contribution >= 0.6 is 24.0 Å². The number of thioether (sulfide) groups is 1. The lowest BCUT2D eigenvalue weighted by molar-refractivity contribution is 0.391. The van der Waals surface area contributed by atoms with Gasteiger partial charge in [0.1, 0.15) is 0 Å². The fourth-order valence-electron chi connectivity index (χ4n) is 4.03. The van der Waals surface area contributed by atoms with Crippen molar-refractivity contribution in [2.24, 2.45) is 11.0 Å². The fourth-order valence-corrected chi connectivity index (χ4v) is 5.11. The maximum atomic E-state index is 5.53. The first kappa shape index (κ1) is 19.3. The van der Waals surface area contributed by atoms with Crippen molar-refractivity contribution in [1.29, 1.82) is 0 Å². The summed E-state index contributed by atoms with van der Waals surface area (Å²) in [7, 11) is 0. The van der Waals surface area contributed by atoms with Gasteiger partial charge in [0.05, 0.1) is 11.8 Å². The Morgan fingerprint density at radius 2 is 1.88 bits per heavy atom. The minimum Gasteiger partial charge on any atom is -0.309 e. The van der Waals surface area contributed by atoms with Crippen LogP contribution in [0.2, 0.25) is 0 Å². The van der Waals surface area contributed by atoms with Gasteiger partial charge in [-0.05, 0) is 44.6 Å². The van der Waals surface area contributed by atoms with Gasteiger partial charge >= 0.3 is 0 Å². The van der Waals surface area contributed by atoms with Crippen molar-refractivity contribution in [2.45, 2.75) is 69.9 Å². The van der Waals surface area contributed by atoms with Crippen LogP contribution in [0.4, 0.5) is 0 Å². The molecule has 0 aromatic rings. The lowest BCUT2D eigenvalue weighted by Gasteiger charge is -2.31. The largest absolute Gasteiger partial charge is 0.309 e. The minimum absolute atomic E-state index is 0.319. The molecule has 2 heterocycles. The molecule has 0 aromatic heterocycles. The second-order valence-electron chi connectivity index (χ2n) is 7.42. The Kier molecular flexibility index (Phi) is 8.24. The van der Waals surface area contributed by atoms with Gasteiger partial charge in [0.2, 0.25) is 0 Å². The third-order valence-electron chi connectivity index (χ3n) is 5.50. The van der Waals surface area contributed by atoms with E-state index in [0.29, 0.717) is 12.1 Å². The molecule has 0 spiro atoms. The summed E-state index contributed by atoms with van der Waals surface area (Å²) in [6, 6.07) is 0.690. The summed E-state index contributed by atoms with van der Waals surface area (Å²) in [6.07, 6.45) is 16.1. The Hall–Kier alpha value is -0.430. The fraction of sp³-hybridized carbons (Fsp3) is 0.789. The summed E-state index contributed by atoms with van der Waals surface area (Å²) >= 11 is 7.31. The SMILES string of the molecule is S=C(NN=C(C1CC=CCN1)C1CCCCN1)SCC1CCCCC1. The number of nitrogens with one attached hydrogen (secondary N) is 3. The first-order chi connectivity index (χ1) is 12.3. The smallest absolute Gasteiger partial charge is 0.154 e. The van der Waals surface area contributed by atoms with Crippen LogP contribution < -0.4 is 16.1 Å². The van der Waals surface area contributed by atoms with Crippen molar-refractivity contribution in [2.75, 3.05) is 18.8 Å². The molecule has 2 atom stereocenters. The molecule has 1 aliphatic carbocycles. The molecule has 3 aliphatic rings. The van der Waals surface area contributed by atoms with E-state index in [9.17, 15) is 0 Å². The molecule has 2 unspecified atom stereocenters. The summed E-state index contributed by atoms with van der Waals surface area (Å²) in [5.74, 6) is 1.98. The quantitative estimate of drug-likeness (QED) is 0.294. The molecule has 140 valence electrons. The third-order valence-corrected chi connectivity index (χ3v) is 6.93. The number of hydrogen-bond donors (Lipinski definition) is 3. The molecule has 1 saturated carbocycles. The second-order valence-corrected chi connectivity index (χ2v) is 9.12. The maximum absolute atomic E-state index is 5.53. The highest BCUT2D eigenvalue weighted by molar-refractivity contribution is 8.22. The van der Waals surface area contributed by atoms with E-state index in [1.165, 1.54) is 57.1 Å². The van der Waals surface area contributed by atoms with Crippen LogP contribution in [0.25, 0.3) is 0 Å². The Balaban J connectivity index is 1.53. The topological polar surface area (TPSA) is 48.5 Å². The highest BCUT2D eigenvalue weighted by Crippen LogP contribution is 2.27. The Labute approximate surface area is 162 Å². The molecule has 0 amide bonds. The molecule has 4 nitrogen and oxygen atoms in total. The number of thiocarbonyl (C=S) groups is 1. The van der Waals surface area contributed by atoms with Crippen molar-refractivity contribution in [3.8, 4) is 0 Å². The predicted octanol–water partition coefficient (Wildman–Crippen LogP) is 3.59. The molecule has 3 rings (SSSR count). The second kappa shape index (κ2) is 10.7. The first-order valence-electron chi connectivity index (χ1n) is 9.95. The van der Waals surface area contributed by atoms with Crippen LogP contribution in [0, 0.1) is 5.92 Å². The molecule has 25 heavy (non-hydrogen) atoms. The van der Waals surface area contributed by atoms with Crippen molar-refractivity contribution >= 4 is 34.0 Å². The molecular formula is C19H32N4S2. The van der Waals surface area contributed by atoms with Crippen molar-refractivity contribution in [1.82, 2.24) is 16.1 Å². The summed E-state index contributed by atoms with van der Waals surface area (Å²) < 4.78 is 0.824. The van der Waals surface area contributed by atoms with Gasteiger partial charge < -0.3 is 10.6 Å².